The second kappa shape index (κ2) is 5.04. The number of nitrogens with one attached hydrogen (secondary N) is 1. The molecule has 0 radical (unpaired) electrons. The van der Waals surface area contributed by atoms with Gasteiger partial charge in [0.2, 0.25) is 11.7 Å². The van der Waals surface area contributed by atoms with Gasteiger partial charge in [0.25, 0.3) is 5.91 Å². The molecule has 2 N–H and O–H groups in total. The zero-order valence-electron chi connectivity index (χ0n) is 9.39. The molecule has 0 spiro atoms. The number of amides is 1. The van der Waals surface area contributed by atoms with Gasteiger partial charge >= 0.3 is 0 Å². The lowest BCUT2D eigenvalue weighted by Crippen LogP contribution is -2.31. The Morgan fingerprint density at radius 1 is 1.10 bits per heavy atom. The van der Waals surface area contributed by atoms with Crippen molar-refractivity contribution in [2.75, 3.05) is 6.61 Å². The van der Waals surface area contributed by atoms with E-state index in [2.05, 4.69) is 9.73 Å². The van der Waals surface area contributed by atoms with E-state index in [1.807, 2.05) is 0 Å². The number of hydrogen-bond donors (Lipinski definition) is 2. The molecule has 0 aromatic heterocycles. The molecular formula is C10H5F5N2O3. The van der Waals surface area contributed by atoms with E-state index >= 15 is 0 Å². The fraction of sp³-hybridized carbons (Fsp3) is 0.200. The Balaban J connectivity index is 2.52. The van der Waals surface area contributed by atoms with Crippen molar-refractivity contribution in [2.24, 2.45) is 4.99 Å². The Bertz CT molecular complexity index is 590. The van der Waals surface area contributed by atoms with Crippen molar-refractivity contribution in [2.45, 2.75) is 6.04 Å². The van der Waals surface area contributed by atoms with Crippen LogP contribution >= 0.6 is 0 Å². The van der Waals surface area contributed by atoms with Crippen molar-refractivity contribution in [1.29, 1.82) is 0 Å². The average molecular weight is 296 g/mol. The quantitative estimate of drug-likeness (QED) is 0.281. The number of hydrogen-bond acceptors (Lipinski definition) is 4. The van der Waals surface area contributed by atoms with Crippen molar-refractivity contribution < 1.29 is 36.7 Å². The summed E-state index contributed by atoms with van der Waals surface area (Å²) in [5.41, 5.74) is -0.148. The van der Waals surface area contributed by atoms with E-state index in [0.29, 0.717) is 0 Å². The molecule has 1 aliphatic heterocycles. The van der Waals surface area contributed by atoms with Gasteiger partial charge in [0.15, 0.2) is 29.3 Å². The number of aliphatic imine (C=N–C) groups is 1. The topological polar surface area (TPSA) is 70.9 Å². The molecule has 1 atom stereocenters. The van der Waals surface area contributed by atoms with E-state index < -0.39 is 59.1 Å². The number of nitrogens with zero attached hydrogens (tertiary/aromatic N) is 1. The van der Waals surface area contributed by atoms with Crippen LogP contribution in [0.3, 0.4) is 0 Å². The third-order valence-electron chi connectivity index (χ3n) is 2.49. The summed E-state index contributed by atoms with van der Waals surface area (Å²) in [6.45, 7) is -0.513. The second-order valence-corrected chi connectivity index (χ2v) is 3.68. The van der Waals surface area contributed by atoms with E-state index in [4.69, 9.17) is 5.21 Å². The zero-order valence-corrected chi connectivity index (χ0v) is 9.39. The predicted molar refractivity (Wildman–Crippen MR) is 52.4 cm³/mol. The highest BCUT2D eigenvalue weighted by molar-refractivity contribution is 5.98. The number of ether oxygens (including phenoxy) is 1. The first-order valence-corrected chi connectivity index (χ1v) is 5.04. The highest BCUT2D eigenvalue weighted by atomic mass is 19.2. The fourth-order valence-electron chi connectivity index (χ4n) is 1.51. The number of rotatable bonds is 2. The summed E-state index contributed by atoms with van der Waals surface area (Å²) in [5, 5.41) is 8.34. The third kappa shape index (κ3) is 2.07. The maximum atomic E-state index is 13.4. The van der Waals surface area contributed by atoms with Crippen molar-refractivity contribution in [3.05, 3.63) is 34.6 Å². The molecule has 10 heteroatoms. The maximum absolute atomic E-state index is 13.4. The van der Waals surface area contributed by atoms with Crippen LogP contribution in [0.2, 0.25) is 0 Å². The van der Waals surface area contributed by atoms with Gasteiger partial charge in [-0.1, -0.05) is 0 Å². The number of halogens is 5. The molecule has 1 aliphatic rings. The van der Waals surface area contributed by atoms with E-state index in [1.54, 1.807) is 0 Å². The largest absolute Gasteiger partial charge is 0.474 e. The molecule has 1 heterocycles. The monoisotopic (exact) mass is 296 g/mol. The fourth-order valence-corrected chi connectivity index (χ4v) is 1.51. The third-order valence-corrected chi connectivity index (χ3v) is 2.49. The van der Waals surface area contributed by atoms with Gasteiger partial charge in [-0.3, -0.25) is 10.0 Å². The standard InChI is InChI=1S/C10H5F5N2O3/c11-4-3(5(12)7(14)8(15)6(4)13)10-16-2(1-20-10)9(18)17-19/h2,19H,1H2,(H,17,18)/t2-/m1/s1. The van der Waals surface area contributed by atoms with Gasteiger partial charge in [-0.2, -0.15) is 0 Å². The first-order valence-electron chi connectivity index (χ1n) is 5.04. The summed E-state index contributed by atoms with van der Waals surface area (Å²) in [4.78, 5) is 14.4. The molecule has 5 nitrogen and oxygen atoms in total. The summed E-state index contributed by atoms with van der Waals surface area (Å²) < 4.78 is 70.3. The van der Waals surface area contributed by atoms with Crippen molar-refractivity contribution in [3.8, 4) is 0 Å². The minimum absolute atomic E-state index is 0.513. The lowest BCUT2D eigenvalue weighted by atomic mass is 10.1. The Morgan fingerprint density at radius 3 is 2.10 bits per heavy atom. The first-order chi connectivity index (χ1) is 9.38. The van der Waals surface area contributed by atoms with Crippen LogP contribution in [0.5, 0.6) is 0 Å². The van der Waals surface area contributed by atoms with E-state index in [9.17, 15) is 26.7 Å². The molecule has 0 saturated heterocycles. The molecule has 0 fully saturated rings. The van der Waals surface area contributed by atoms with Gasteiger partial charge in [-0.15, -0.1) is 0 Å². The molecule has 0 saturated carbocycles. The van der Waals surface area contributed by atoms with Crippen LogP contribution in [0, 0.1) is 29.1 Å². The molecule has 20 heavy (non-hydrogen) atoms. The van der Waals surface area contributed by atoms with Crippen LogP contribution in [0.25, 0.3) is 0 Å². The molecule has 2 rings (SSSR count). The van der Waals surface area contributed by atoms with E-state index in [1.165, 1.54) is 5.48 Å². The Hall–Kier alpha value is -2.23. The highest BCUT2D eigenvalue weighted by Crippen LogP contribution is 2.25. The minimum atomic E-state index is -2.31. The van der Waals surface area contributed by atoms with Crippen molar-refractivity contribution >= 4 is 11.8 Å². The first kappa shape index (κ1) is 14.2. The smallest absolute Gasteiger partial charge is 0.271 e. The van der Waals surface area contributed by atoms with Crippen LogP contribution < -0.4 is 5.48 Å². The summed E-state index contributed by atoms with van der Waals surface area (Å²) in [7, 11) is 0. The molecule has 1 aromatic carbocycles. The number of hydroxylamine groups is 1. The molecular weight excluding hydrogens is 291 g/mol. The number of carbonyl (C=O) groups is 1. The number of carbonyl (C=O) groups excluding carboxylic acids is 1. The summed E-state index contributed by atoms with van der Waals surface area (Å²) >= 11 is 0. The van der Waals surface area contributed by atoms with Gasteiger partial charge in [-0.05, 0) is 0 Å². The highest BCUT2D eigenvalue weighted by Gasteiger charge is 2.34. The normalized spacial score (nSPS) is 17.7. The zero-order chi connectivity index (χ0) is 15.0. The summed E-state index contributed by atoms with van der Waals surface area (Å²) in [6.07, 6.45) is 0. The van der Waals surface area contributed by atoms with E-state index in [0.717, 1.165) is 0 Å². The SMILES string of the molecule is O=C(NO)[C@H]1COC(c2c(F)c(F)c(F)c(F)c2F)=N1. The van der Waals surface area contributed by atoms with Crippen LogP contribution in [0.1, 0.15) is 5.56 Å². The number of benzene rings is 1. The van der Waals surface area contributed by atoms with Gasteiger partial charge in [-0.25, -0.2) is 32.4 Å². The van der Waals surface area contributed by atoms with E-state index in [-0.39, 0.29) is 0 Å². The van der Waals surface area contributed by atoms with Gasteiger partial charge in [0.05, 0.1) is 0 Å². The van der Waals surface area contributed by atoms with Gasteiger partial charge in [0, 0.05) is 0 Å². The molecule has 0 aliphatic carbocycles. The second-order valence-electron chi connectivity index (χ2n) is 3.68. The molecule has 1 amide bonds. The van der Waals surface area contributed by atoms with Crippen LogP contribution in [-0.4, -0.2) is 29.7 Å². The molecule has 0 bridgehead atoms. The summed E-state index contributed by atoms with van der Waals surface area (Å²) in [6, 6.07) is -1.36. The summed E-state index contributed by atoms with van der Waals surface area (Å²) in [5.74, 6) is -12.8. The van der Waals surface area contributed by atoms with Gasteiger partial charge in [0.1, 0.15) is 12.2 Å². The molecule has 1 aromatic rings. The maximum Gasteiger partial charge on any atom is 0.271 e. The Kier molecular flexibility index (Phi) is 3.57. The lowest BCUT2D eigenvalue weighted by Gasteiger charge is -2.07. The van der Waals surface area contributed by atoms with Crippen molar-refractivity contribution in [1.82, 2.24) is 5.48 Å². The minimum Gasteiger partial charge on any atom is -0.474 e. The predicted octanol–water partition coefficient (Wildman–Crippen LogP) is 1.03. The average Bonchev–Trinajstić information content (AvgIpc) is 2.92. The Morgan fingerprint density at radius 2 is 1.60 bits per heavy atom. The van der Waals surface area contributed by atoms with Gasteiger partial charge < -0.3 is 4.74 Å². The van der Waals surface area contributed by atoms with Crippen LogP contribution in [0.15, 0.2) is 4.99 Å². The van der Waals surface area contributed by atoms with Crippen LogP contribution in [0.4, 0.5) is 22.0 Å². The lowest BCUT2D eigenvalue weighted by molar-refractivity contribution is -0.130. The molecule has 108 valence electrons. The Labute approximate surface area is 107 Å². The van der Waals surface area contributed by atoms with Crippen LogP contribution in [-0.2, 0) is 9.53 Å². The van der Waals surface area contributed by atoms with Crippen molar-refractivity contribution in [3.63, 3.8) is 0 Å². The molecule has 0 unspecified atom stereocenters.